The van der Waals surface area contributed by atoms with Gasteiger partial charge in [0.15, 0.2) is 0 Å². The first-order valence-corrected chi connectivity index (χ1v) is 4.29. The van der Waals surface area contributed by atoms with E-state index in [0.29, 0.717) is 5.57 Å². The van der Waals surface area contributed by atoms with Crippen molar-refractivity contribution in [1.82, 2.24) is 0 Å². The summed E-state index contributed by atoms with van der Waals surface area (Å²) in [5.74, 6) is -0.801. The van der Waals surface area contributed by atoms with Crippen LogP contribution < -0.4 is 0 Å². The summed E-state index contributed by atoms with van der Waals surface area (Å²) in [5, 5.41) is 0. The highest BCUT2D eigenvalue weighted by molar-refractivity contribution is 5.88. The number of carbonyl (C=O) groups is 2. The number of allylic oxidation sites excluding steroid dienone is 4. The summed E-state index contributed by atoms with van der Waals surface area (Å²) in [6.45, 7) is 1.64. The lowest BCUT2D eigenvalue weighted by atomic mass is 10.3. The first-order chi connectivity index (χ1) is 7.11. The molecule has 0 aromatic heterocycles. The number of methoxy groups -OCH3 is 2. The van der Waals surface area contributed by atoms with Crippen molar-refractivity contribution >= 4 is 11.9 Å². The van der Waals surface area contributed by atoms with E-state index < -0.39 is 5.97 Å². The molecule has 4 heteroatoms. The third-order valence-electron chi connectivity index (χ3n) is 1.51. The molecule has 0 aliphatic heterocycles. The molecule has 0 aromatic carbocycles. The third kappa shape index (κ3) is 6.26. The molecule has 82 valence electrons. The van der Waals surface area contributed by atoms with Gasteiger partial charge in [0.1, 0.15) is 0 Å². The molecular formula is C11H14O4. The van der Waals surface area contributed by atoms with Gasteiger partial charge in [-0.25, -0.2) is 9.59 Å². The average molecular weight is 210 g/mol. The summed E-state index contributed by atoms with van der Waals surface area (Å²) in [5.41, 5.74) is 0.486. The minimum absolute atomic E-state index is 0.378. The van der Waals surface area contributed by atoms with Crippen molar-refractivity contribution in [2.24, 2.45) is 0 Å². The second kappa shape index (κ2) is 7.55. The molecule has 0 bridgehead atoms. The van der Waals surface area contributed by atoms with Gasteiger partial charge in [0, 0.05) is 11.6 Å². The van der Waals surface area contributed by atoms with Crippen LogP contribution >= 0.6 is 0 Å². The summed E-state index contributed by atoms with van der Waals surface area (Å²) in [6, 6.07) is 0. The van der Waals surface area contributed by atoms with Crippen molar-refractivity contribution in [2.45, 2.75) is 6.92 Å². The van der Waals surface area contributed by atoms with E-state index in [0.717, 1.165) is 0 Å². The maximum atomic E-state index is 10.9. The van der Waals surface area contributed by atoms with Gasteiger partial charge in [0.05, 0.1) is 14.2 Å². The van der Waals surface area contributed by atoms with Crippen LogP contribution in [-0.4, -0.2) is 26.2 Å². The van der Waals surface area contributed by atoms with Gasteiger partial charge in [-0.3, -0.25) is 0 Å². The summed E-state index contributed by atoms with van der Waals surface area (Å²) in [7, 11) is 2.62. The van der Waals surface area contributed by atoms with Crippen molar-refractivity contribution in [1.29, 1.82) is 0 Å². The molecule has 0 saturated heterocycles. The van der Waals surface area contributed by atoms with E-state index >= 15 is 0 Å². The number of rotatable bonds is 4. The quantitative estimate of drug-likeness (QED) is 0.399. The number of hydrogen-bond donors (Lipinski definition) is 0. The van der Waals surface area contributed by atoms with Gasteiger partial charge in [-0.05, 0) is 6.92 Å². The maximum Gasteiger partial charge on any atom is 0.333 e. The summed E-state index contributed by atoms with van der Waals surface area (Å²) in [6.07, 6.45) is 7.63. The lowest BCUT2D eigenvalue weighted by Crippen LogP contribution is -2.00. The molecular weight excluding hydrogens is 196 g/mol. The summed E-state index contributed by atoms with van der Waals surface area (Å²) in [4.78, 5) is 21.5. The SMILES string of the molecule is COC(=O)/C=C/C=C/C=C(/C)C(=O)OC. The molecule has 0 fully saturated rings. The normalized spacial score (nSPS) is 12.1. The highest BCUT2D eigenvalue weighted by Crippen LogP contribution is 1.95. The lowest BCUT2D eigenvalue weighted by Gasteiger charge is -1.94. The van der Waals surface area contributed by atoms with Gasteiger partial charge in [0.25, 0.3) is 0 Å². The first kappa shape index (κ1) is 13.2. The van der Waals surface area contributed by atoms with E-state index in [9.17, 15) is 9.59 Å². The van der Waals surface area contributed by atoms with Crippen LogP contribution in [0, 0.1) is 0 Å². The third-order valence-corrected chi connectivity index (χ3v) is 1.51. The monoisotopic (exact) mass is 210 g/mol. The van der Waals surface area contributed by atoms with E-state index in [1.807, 2.05) is 0 Å². The number of carbonyl (C=O) groups excluding carboxylic acids is 2. The van der Waals surface area contributed by atoms with Gasteiger partial charge < -0.3 is 9.47 Å². The van der Waals surface area contributed by atoms with Crippen LogP contribution in [0.2, 0.25) is 0 Å². The zero-order chi connectivity index (χ0) is 11.7. The molecule has 0 radical (unpaired) electrons. The Kier molecular flexibility index (Phi) is 6.63. The molecule has 0 amide bonds. The Hall–Kier alpha value is -1.84. The van der Waals surface area contributed by atoms with Crippen LogP contribution in [0.1, 0.15) is 6.92 Å². The Balaban J connectivity index is 4.15. The first-order valence-electron chi connectivity index (χ1n) is 4.29. The van der Waals surface area contributed by atoms with Crippen LogP contribution in [0.15, 0.2) is 36.0 Å². The molecule has 0 saturated carbocycles. The van der Waals surface area contributed by atoms with Crippen molar-refractivity contribution in [3.8, 4) is 0 Å². The van der Waals surface area contributed by atoms with Crippen LogP contribution in [0.25, 0.3) is 0 Å². The Morgan fingerprint density at radius 2 is 1.67 bits per heavy atom. The maximum absolute atomic E-state index is 10.9. The fraction of sp³-hybridized carbons (Fsp3) is 0.273. The van der Waals surface area contributed by atoms with Gasteiger partial charge in [-0.15, -0.1) is 0 Å². The molecule has 0 heterocycles. The van der Waals surface area contributed by atoms with E-state index in [-0.39, 0.29) is 5.97 Å². The molecule has 0 aliphatic rings. The zero-order valence-electron chi connectivity index (χ0n) is 9.02. The molecule has 0 atom stereocenters. The minimum Gasteiger partial charge on any atom is -0.466 e. The fourth-order valence-corrected chi connectivity index (χ4v) is 0.695. The molecule has 0 unspecified atom stereocenters. The molecule has 0 rings (SSSR count). The highest BCUT2D eigenvalue weighted by Gasteiger charge is 1.99. The van der Waals surface area contributed by atoms with Crippen molar-refractivity contribution < 1.29 is 19.1 Å². The largest absolute Gasteiger partial charge is 0.466 e. The predicted octanol–water partition coefficient (Wildman–Crippen LogP) is 1.39. The standard InChI is InChI=1S/C11H14O4/c1-9(11(13)15-3)7-5-4-6-8-10(12)14-2/h4-8H,1-3H3/b5-4+,8-6+,9-7-. The molecule has 4 nitrogen and oxygen atoms in total. The molecule has 0 aromatic rings. The Morgan fingerprint density at radius 3 is 2.20 bits per heavy atom. The summed E-state index contributed by atoms with van der Waals surface area (Å²) >= 11 is 0. The molecule has 0 spiro atoms. The molecule has 15 heavy (non-hydrogen) atoms. The van der Waals surface area contributed by atoms with Crippen molar-refractivity contribution in [2.75, 3.05) is 14.2 Å². The smallest absolute Gasteiger partial charge is 0.333 e. The van der Waals surface area contributed by atoms with Crippen LogP contribution in [0.4, 0.5) is 0 Å². The molecule has 0 aliphatic carbocycles. The van der Waals surface area contributed by atoms with Crippen LogP contribution in [0.5, 0.6) is 0 Å². The zero-order valence-corrected chi connectivity index (χ0v) is 9.02. The highest BCUT2D eigenvalue weighted by atomic mass is 16.5. The van der Waals surface area contributed by atoms with E-state index in [4.69, 9.17) is 0 Å². The number of esters is 2. The Bertz CT molecular complexity index is 311. The fourth-order valence-electron chi connectivity index (χ4n) is 0.695. The van der Waals surface area contributed by atoms with E-state index in [1.54, 1.807) is 25.2 Å². The van der Waals surface area contributed by atoms with Gasteiger partial charge >= 0.3 is 11.9 Å². The Morgan fingerprint density at radius 1 is 1.00 bits per heavy atom. The predicted molar refractivity (Wildman–Crippen MR) is 56.1 cm³/mol. The van der Waals surface area contributed by atoms with Crippen molar-refractivity contribution in [3.05, 3.63) is 36.0 Å². The lowest BCUT2D eigenvalue weighted by molar-refractivity contribution is -0.136. The van der Waals surface area contributed by atoms with Gasteiger partial charge in [-0.2, -0.15) is 0 Å². The topological polar surface area (TPSA) is 52.6 Å². The van der Waals surface area contributed by atoms with Crippen molar-refractivity contribution in [3.63, 3.8) is 0 Å². The number of hydrogen-bond acceptors (Lipinski definition) is 4. The van der Waals surface area contributed by atoms with Crippen LogP contribution in [-0.2, 0) is 19.1 Å². The van der Waals surface area contributed by atoms with E-state index in [1.165, 1.54) is 26.4 Å². The van der Waals surface area contributed by atoms with E-state index in [2.05, 4.69) is 9.47 Å². The molecule has 0 N–H and O–H groups in total. The van der Waals surface area contributed by atoms with Crippen LogP contribution in [0.3, 0.4) is 0 Å². The second-order valence-electron chi connectivity index (χ2n) is 2.61. The summed E-state index contributed by atoms with van der Waals surface area (Å²) < 4.78 is 8.88. The second-order valence-corrected chi connectivity index (χ2v) is 2.61. The minimum atomic E-state index is -0.423. The van der Waals surface area contributed by atoms with Gasteiger partial charge in [0.2, 0.25) is 0 Å². The van der Waals surface area contributed by atoms with Gasteiger partial charge in [-0.1, -0.05) is 24.3 Å². The Labute approximate surface area is 88.9 Å². The number of ether oxygens (including phenoxy) is 2. The average Bonchev–Trinajstić information content (AvgIpc) is 2.26.